The number of benzene rings is 1. The van der Waals surface area contributed by atoms with E-state index in [1.165, 1.54) is 22.9 Å². The number of quaternary nitrogens is 1. The Kier molecular flexibility index (Phi) is 8.19. The maximum atomic E-state index is 13.0. The average molecular weight is 401 g/mol. The number of carbonyl (C=O) groups is 1. The molecule has 0 unspecified atom stereocenters. The first-order valence-corrected chi connectivity index (χ1v) is 11.2. The van der Waals surface area contributed by atoms with Crippen LogP contribution in [0.25, 0.3) is 0 Å². The molecule has 1 amide bonds. The van der Waals surface area contributed by atoms with E-state index in [0.29, 0.717) is 32.7 Å². The standard InChI is InChI=1S/C19H30FN3O3S/c1-3-4-5-6-16(2)21-19(24)15-22-11-13-23(14-12-22)27(25,26)18-9-7-17(20)8-10-18/h7-10,16H,3-6,11-15H2,1-2H3,(H,21,24)/p+1/t16-/m0/s1. The lowest BCUT2D eigenvalue weighted by atomic mass is 10.1. The van der Waals surface area contributed by atoms with Gasteiger partial charge in [0.2, 0.25) is 10.0 Å². The zero-order valence-electron chi connectivity index (χ0n) is 16.2. The van der Waals surface area contributed by atoms with Crippen molar-refractivity contribution in [1.29, 1.82) is 0 Å². The summed E-state index contributed by atoms with van der Waals surface area (Å²) in [5.41, 5.74) is 0. The highest BCUT2D eigenvalue weighted by atomic mass is 32.2. The number of halogens is 1. The number of sulfonamides is 1. The molecule has 8 heteroatoms. The highest BCUT2D eigenvalue weighted by Crippen LogP contribution is 2.15. The van der Waals surface area contributed by atoms with Crippen LogP contribution in [0, 0.1) is 5.82 Å². The minimum Gasteiger partial charge on any atom is -0.349 e. The van der Waals surface area contributed by atoms with Crippen LogP contribution in [-0.2, 0) is 14.8 Å². The van der Waals surface area contributed by atoms with Gasteiger partial charge in [0.15, 0.2) is 6.54 Å². The Morgan fingerprint density at radius 3 is 2.44 bits per heavy atom. The molecule has 6 nitrogen and oxygen atoms in total. The molecule has 0 saturated carbocycles. The van der Waals surface area contributed by atoms with E-state index >= 15 is 0 Å². The van der Waals surface area contributed by atoms with Gasteiger partial charge in [-0.05, 0) is 37.6 Å². The van der Waals surface area contributed by atoms with E-state index in [4.69, 9.17) is 0 Å². The number of hydrogen-bond acceptors (Lipinski definition) is 3. The van der Waals surface area contributed by atoms with Gasteiger partial charge < -0.3 is 10.2 Å². The zero-order valence-corrected chi connectivity index (χ0v) is 17.0. The molecular formula is C19H31FN3O3S+. The van der Waals surface area contributed by atoms with Crippen LogP contribution in [0.5, 0.6) is 0 Å². The fraction of sp³-hybridized carbons (Fsp3) is 0.632. The summed E-state index contributed by atoms with van der Waals surface area (Å²) in [6.45, 7) is 6.42. The van der Waals surface area contributed by atoms with Gasteiger partial charge in [0.05, 0.1) is 31.1 Å². The molecule has 2 N–H and O–H groups in total. The summed E-state index contributed by atoms with van der Waals surface area (Å²) >= 11 is 0. The van der Waals surface area contributed by atoms with E-state index in [1.807, 2.05) is 6.92 Å². The number of unbranched alkanes of at least 4 members (excludes halogenated alkanes) is 2. The predicted molar refractivity (Wildman–Crippen MR) is 102 cm³/mol. The Morgan fingerprint density at radius 1 is 1.22 bits per heavy atom. The molecule has 152 valence electrons. The molecule has 0 aliphatic carbocycles. The molecule has 1 aromatic carbocycles. The Balaban J connectivity index is 1.79. The molecule has 1 aromatic rings. The Labute approximate surface area is 161 Å². The van der Waals surface area contributed by atoms with E-state index in [-0.39, 0.29) is 16.8 Å². The highest BCUT2D eigenvalue weighted by molar-refractivity contribution is 7.89. The van der Waals surface area contributed by atoms with Crippen molar-refractivity contribution in [1.82, 2.24) is 9.62 Å². The van der Waals surface area contributed by atoms with Crippen LogP contribution in [0.2, 0.25) is 0 Å². The Morgan fingerprint density at radius 2 is 1.85 bits per heavy atom. The summed E-state index contributed by atoms with van der Waals surface area (Å²) in [5, 5.41) is 3.03. The monoisotopic (exact) mass is 400 g/mol. The van der Waals surface area contributed by atoms with Crippen molar-refractivity contribution < 1.29 is 22.5 Å². The highest BCUT2D eigenvalue weighted by Gasteiger charge is 2.31. The van der Waals surface area contributed by atoms with Gasteiger partial charge in [-0.15, -0.1) is 0 Å². The lowest BCUT2D eigenvalue weighted by Crippen LogP contribution is -3.15. The van der Waals surface area contributed by atoms with Gasteiger partial charge >= 0.3 is 0 Å². The van der Waals surface area contributed by atoms with E-state index in [2.05, 4.69) is 12.2 Å². The largest absolute Gasteiger partial charge is 0.349 e. The summed E-state index contributed by atoms with van der Waals surface area (Å²) in [6.07, 6.45) is 4.44. The van der Waals surface area contributed by atoms with Gasteiger partial charge in [0, 0.05) is 6.04 Å². The van der Waals surface area contributed by atoms with Gasteiger partial charge in [0.25, 0.3) is 5.91 Å². The molecule has 0 bridgehead atoms. The topological polar surface area (TPSA) is 70.9 Å². The second-order valence-corrected chi connectivity index (χ2v) is 9.19. The van der Waals surface area contributed by atoms with Crippen LogP contribution in [0.15, 0.2) is 29.2 Å². The van der Waals surface area contributed by atoms with Crippen molar-refractivity contribution in [2.75, 3.05) is 32.7 Å². The summed E-state index contributed by atoms with van der Waals surface area (Å²) < 4.78 is 39.7. The molecule has 0 spiro atoms. The minimum absolute atomic E-state index is 0.0174. The molecule has 1 heterocycles. The molecule has 27 heavy (non-hydrogen) atoms. The number of amides is 1. The smallest absolute Gasteiger partial charge is 0.275 e. The molecule has 1 saturated heterocycles. The normalized spacial score (nSPS) is 17.6. The maximum absolute atomic E-state index is 13.0. The van der Waals surface area contributed by atoms with Crippen LogP contribution in [0.3, 0.4) is 0 Å². The summed E-state index contributed by atoms with van der Waals surface area (Å²) in [4.78, 5) is 13.4. The lowest BCUT2D eigenvalue weighted by molar-refractivity contribution is -0.895. The molecule has 1 aliphatic rings. The number of nitrogens with zero attached hydrogens (tertiary/aromatic N) is 1. The minimum atomic E-state index is -3.61. The Bertz CT molecular complexity index is 701. The van der Waals surface area contributed by atoms with Crippen molar-refractivity contribution in [3.63, 3.8) is 0 Å². The first kappa shape index (κ1) is 21.8. The molecule has 1 atom stereocenters. The third-order valence-electron chi connectivity index (χ3n) is 4.94. The van der Waals surface area contributed by atoms with Crippen LogP contribution in [0.1, 0.15) is 39.5 Å². The molecule has 2 rings (SSSR count). The first-order chi connectivity index (χ1) is 12.8. The van der Waals surface area contributed by atoms with Crippen molar-refractivity contribution in [2.24, 2.45) is 0 Å². The number of rotatable bonds is 9. The van der Waals surface area contributed by atoms with Crippen LogP contribution in [-0.4, -0.2) is 57.4 Å². The number of hydrogen-bond donors (Lipinski definition) is 2. The fourth-order valence-corrected chi connectivity index (χ4v) is 4.74. The van der Waals surface area contributed by atoms with E-state index in [0.717, 1.165) is 36.3 Å². The van der Waals surface area contributed by atoms with E-state index in [9.17, 15) is 17.6 Å². The van der Waals surface area contributed by atoms with Crippen molar-refractivity contribution >= 4 is 15.9 Å². The van der Waals surface area contributed by atoms with Gasteiger partial charge in [0.1, 0.15) is 5.82 Å². The third kappa shape index (κ3) is 6.55. The molecule has 1 aliphatic heterocycles. The van der Waals surface area contributed by atoms with Crippen molar-refractivity contribution in [2.45, 2.75) is 50.5 Å². The molecular weight excluding hydrogens is 369 g/mol. The van der Waals surface area contributed by atoms with Gasteiger partial charge in [-0.2, -0.15) is 4.31 Å². The van der Waals surface area contributed by atoms with E-state index in [1.54, 1.807) is 0 Å². The summed E-state index contributed by atoms with van der Waals surface area (Å²) in [5.74, 6) is -0.443. The fourth-order valence-electron chi connectivity index (χ4n) is 3.30. The predicted octanol–water partition coefficient (Wildman–Crippen LogP) is 0.800. The first-order valence-electron chi connectivity index (χ1n) is 9.71. The Hall–Kier alpha value is -1.51. The number of nitrogens with one attached hydrogen (secondary N) is 2. The quantitative estimate of drug-likeness (QED) is 0.603. The van der Waals surface area contributed by atoms with Gasteiger partial charge in [-0.1, -0.05) is 26.2 Å². The summed E-state index contributed by atoms with van der Waals surface area (Å²) in [7, 11) is -3.61. The van der Waals surface area contributed by atoms with Crippen molar-refractivity contribution in [3.05, 3.63) is 30.1 Å². The van der Waals surface area contributed by atoms with Crippen LogP contribution >= 0.6 is 0 Å². The second kappa shape index (κ2) is 10.1. The number of piperazine rings is 1. The lowest BCUT2D eigenvalue weighted by Gasteiger charge is -2.31. The second-order valence-electron chi connectivity index (χ2n) is 7.25. The van der Waals surface area contributed by atoms with Gasteiger partial charge in [-0.3, -0.25) is 4.79 Å². The van der Waals surface area contributed by atoms with Crippen LogP contribution in [0.4, 0.5) is 4.39 Å². The SMILES string of the molecule is CCCCC[C@H](C)NC(=O)C[NH+]1CCN(S(=O)(=O)c2ccc(F)cc2)CC1. The maximum Gasteiger partial charge on any atom is 0.275 e. The molecule has 0 aromatic heterocycles. The zero-order chi connectivity index (χ0) is 19.9. The van der Waals surface area contributed by atoms with Crippen LogP contribution < -0.4 is 10.2 Å². The number of carbonyl (C=O) groups excluding carboxylic acids is 1. The van der Waals surface area contributed by atoms with E-state index < -0.39 is 15.8 Å². The average Bonchev–Trinajstić information content (AvgIpc) is 2.62. The molecule has 1 fully saturated rings. The summed E-state index contributed by atoms with van der Waals surface area (Å²) in [6, 6.07) is 5.05. The third-order valence-corrected chi connectivity index (χ3v) is 6.85. The van der Waals surface area contributed by atoms with Gasteiger partial charge in [-0.25, -0.2) is 12.8 Å². The molecule has 0 radical (unpaired) electrons. The van der Waals surface area contributed by atoms with Crippen molar-refractivity contribution in [3.8, 4) is 0 Å².